The van der Waals surface area contributed by atoms with Crippen LogP contribution in [0.1, 0.15) is 31.7 Å². The fourth-order valence-corrected chi connectivity index (χ4v) is 3.51. The molecule has 1 saturated heterocycles. The molecular formula is C17H24NO3+. The van der Waals surface area contributed by atoms with E-state index in [0.717, 1.165) is 12.0 Å². The minimum Gasteiger partial charge on any atom is -0.423 e. The Labute approximate surface area is 126 Å². The number of likely N-dealkylation sites (tertiary alicyclic amines) is 1. The summed E-state index contributed by atoms with van der Waals surface area (Å²) in [7, 11) is 3.33. The zero-order valence-electron chi connectivity index (χ0n) is 13.1. The van der Waals surface area contributed by atoms with Gasteiger partial charge >= 0.3 is 6.09 Å². The molecule has 1 amide bonds. The molecule has 0 aliphatic carbocycles. The van der Waals surface area contributed by atoms with Crippen LogP contribution in [0.15, 0.2) is 30.3 Å². The molecule has 4 heteroatoms. The lowest BCUT2D eigenvalue weighted by Gasteiger charge is -2.49. The molecule has 2 unspecified atom stereocenters. The van der Waals surface area contributed by atoms with E-state index in [1.54, 1.807) is 0 Å². The van der Waals surface area contributed by atoms with Gasteiger partial charge in [-0.2, -0.15) is 4.79 Å². The van der Waals surface area contributed by atoms with E-state index in [2.05, 4.69) is 19.1 Å². The van der Waals surface area contributed by atoms with Crippen LogP contribution in [0.3, 0.4) is 0 Å². The predicted octanol–water partition coefficient (Wildman–Crippen LogP) is 2.95. The highest BCUT2D eigenvalue weighted by Gasteiger charge is 2.56. The van der Waals surface area contributed by atoms with Crippen LogP contribution in [0.25, 0.3) is 0 Å². The summed E-state index contributed by atoms with van der Waals surface area (Å²) < 4.78 is 5.23. The number of methoxy groups -OCH3 is 1. The number of piperidine rings is 1. The van der Waals surface area contributed by atoms with E-state index in [9.17, 15) is 9.59 Å². The van der Waals surface area contributed by atoms with Crippen LogP contribution in [-0.2, 0) is 16.0 Å². The molecule has 0 spiro atoms. The van der Waals surface area contributed by atoms with E-state index >= 15 is 0 Å². The molecule has 1 aliphatic heterocycles. The number of likely N-dealkylation sites (N-methyl/N-ethyl adjacent to an activating group) is 1. The van der Waals surface area contributed by atoms with Crippen molar-refractivity contribution in [3.05, 3.63) is 35.9 Å². The summed E-state index contributed by atoms with van der Waals surface area (Å²) in [6, 6.07) is 10.1. The van der Waals surface area contributed by atoms with Crippen LogP contribution < -0.4 is 0 Å². The molecule has 114 valence electrons. The standard InChI is InChI=1S/C17H24NO3/c1-4-17(12-14-8-6-5-7-9-14)13-15(19)10-11-18(17,2)16(20)21-3/h5-9H,4,10-13H2,1-3H3/q+1. The van der Waals surface area contributed by atoms with Crippen molar-refractivity contribution in [3.63, 3.8) is 0 Å². The highest BCUT2D eigenvalue weighted by Crippen LogP contribution is 2.39. The first-order valence-electron chi connectivity index (χ1n) is 7.47. The van der Waals surface area contributed by atoms with Gasteiger partial charge in [-0.1, -0.05) is 37.3 Å². The van der Waals surface area contributed by atoms with Crippen LogP contribution in [0.5, 0.6) is 0 Å². The van der Waals surface area contributed by atoms with Crippen molar-refractivity contribution < 1.29 is 18.8 Å². The first-order chi connectivity index (χ1) is 9.97. The molecule has 1 fully saturated rings. The highest BCUT2D eigenvalue weighted by molar-refractivity contribution is 5.81. The highest BCUT2D eigenvalue weighted by atomic mass is 16.5. The Bertz CT molecular complexity index is 528. The third kappa shape index (κ3) is 2.72. The molecule has 2 atom stereocenters. The molecular weight excluding hydrogens is 266 g/mol. The van der Waals surface area contributed by atoms with Gasteiger partial charge in [0, 0.05) is 12.8 Å². The van der Waals surface area contributed by atoms with E-state index in [4.69, 9.17) is 4.74 Å². The van der Waals surface area contributed by atoms with Gasteiger partial charge in [-0.15, -0.1) is 0 Å². The van der Waals surface area contributed by atoms with Crippen LogP contribution >= 0.6 is 0 Å². The number of amides is 1. The summed E-state index contributed by atoms with van der Waals surface area (Å²) in [5, 5.41) is 0. The van der Waals surface area contributed by atoms with E-state index < -0.39 is 5.54 Å². The molecule has 0 aromatic heterocycles. The molecule has 4 nitrogen and oxygen atoms in total. The Morgan fingerprint density at radius 2 is 2.00 bits per heavy atom. The first kappa shape index (κ1) is 15.7. The number of ether oxygens (including phenoxy) is 1. The lowest BCUT2D eigenvalue weighted by atomic mass is 9.77. The summed E-state index contributed by atoms with van der Waals surface area (Å²) in [5.74, 6) is 0.243. The van der Waals surface area contributed by atoms with Crippen molar-refractivity contribution in [2.45, 2.75) is 38.1 Å². The molecule has 0 saturated carbocycles. The lowest BCUT2D eigenvalue weighted by Crippen LogP contribution is -2.69. The Morgan fingerprint density at radius 3 is 2.57 bits per heavy atom. The zero-order valence-corrected chi connectivity index (χ0v) is 13.1. The van der Waals surface area contributed by atoms with Gasteiger partial charge < -0.3 is 4.74 Å². The third-order valence-corrected chi connectivity index (χ3v) is 5.02. The van der Waals surface area contributed by atoms with Gasteiger partial charge in [-0.3, -0.25) is 4.79 Å². The number of quaternary nitrogens is 1. The number of hydrogen-bond acceptors (Lipinski definition) is 3. The van der Waals surface area contributed by atoms with Crippen LogP contribution in [0.2, 0.25) is 0 Å². The van der Waals surface area contributed by atoms with Crippen LogP contribution in [0, 0.1) is 0 Å². The molecule has 2 rings (SSSR count). The fraction of sp³-hybridized carbons (Fsp3) is 0.529. The molecule has 1 heterocycles. The van der Waals surface area contributed by atoms with Crippen molar-refractivity contribution >= 4 is 11.9 Å². The van der Waals surface area contributed by atoms with Gasteiger partial charge in [-0.25, -0.2) is 4.48 Å². The van der Waals surface area contributed by atoms with Crippen molar-refractivity contribution in [2.24, 2.45) is 0 Å². The van der Waals surface area contributed by atoms with Gasteiger partial charge in [0.25, 0.3) is 0 Å². The number of rotatable bonds is 3. The normalized spacial score (nSPS) is 29.2. The zero-order chi connectivity index (χ0) is 15.5. The smallest absolute Gasteiger partial charge is 0.423 e. The van der Waals surface area contributed by atoms with E-state index in [1.165, 1.54) is 7.11 Å². The van der Waals surface area contributed by atoms with E-state index in [-0.39, 0.29) is 16.4 Å². The van der Waals surface area contributed by atoms with Crippen molar-refractivity contribution in [2.75, 3.05) is 20.7 Å². The second kappa shape index (κ2) is 5.98. The van der Waals surface area contributed by atoms with E-state index in [0.29, 0.717) is 25.8 Å². The van der Waals surface area contributed by atoms with Gasteiger partial charge in [0.05, 0.1) is 33.5 Å². The monoisotopic (exact) mass is 290 g/mol. The summed E-state index contributed by atoms with van der Waals surface area (Å²) in [6.07, 6.45) is 2.10. The topological polar surface area (TPSA) is 43.4 Å². The molecule has 21 heavy (non-hydrogen) atoms. The van der Waals surface area contributed by atoms with Gasteiger partial charge in [0.1, 0.15) is 11.3 Å². The summed E-state index contributed by atoms with van der Waals surface area (Å²) in [4.78, 5) is 24.5. The van der Waals surface area contributed by atoms with Crippen molar-refractivity contribution in [1.82, 2.24) is 0 Å². The number of hydrogen-bond donors (Lipinski definition) is 0. The Morgan fingerprint density at radius 1 is 1.33 bits per heavy atom. The maximum Gasteiger partial charge on any atom is 0.515 e. The van der Waals surface area contributed by atoms with Gasteiger partial charge in [0.15, 0.2) is 0 Å². The second-order valence-corrected chi connectivity index (χ2v) is 6.09. The Hall–Kier alpha value is -1.68. The Kier molecular flexibility index (Phi) is 4.47. The molecule has 1 aliphatic rings. The first-order valence-corrected chi connectivity index (χ1v) is 7.47. The molecule has 1 aromatic rings. The minimum atomic E-state index is -0.413. The third-order valence-electron chi connectivity index (χ3n) is 5.02. The second-order valence-electron chi connectivity index (χ2n) is 6.09. The lowest BCUT2D eigenvalue weighted by molar-refractivity contribution is -0.894. The van der Waals surface area contributed by atoms with Gasteiger partial charge in [0.2, 0.25) is 0 Å². The number of Topliss-reactive ketones (excluding diaryl/α,β-unsaturated/α-hetero) is 1. The SMILES string of the molecule is CCC1(Cc2ccccc2)CC(=O)CC[N+]1(C)C(=O)OC. The van der Waals surface area contributed by atoms with Crippen LogP contribution in [-0.4, -0.2) is 42.6 Å². The number of benzene rings is 1. The van der Waals surface area contributed by atoms with Crippen molar-refractivity contribution in [1.29, 1.82) is 0 Å². The fourth-order valence-electron chi connectivity index (χ4n) is 3.51. The number of carbonyl (C=O) groups excluding carboxylic acids is 2. The molecule has 0 bridgehead atoms. The molecule has 1 aromatic carbocycles. The summed E-state index contributed by atoms with van der Waals surface area (Å²) >= 11 is 0. The number of carbonyl (C=O) groups is 2. The van der Waals surface area contributed by atoms with Crippen LogP contribution in [0.4, 0.5) is 4.79 Å². The predicted molar refractivity (Wildman–Crippen MR) is 80.9 cm³/mol. The maximum atomic E-state index is 12.4. The largest absolute Gasteiger partial charge is 0.515 e. The number of ketones is 1. The molecule has 0 radical (unpaired) electrons. The summed E-state index contributed by atoms with van der Waals surface area (Å²) in [5.41, 5.74) is 0.742. The maximum absolute atomic E-state index is 12.4. The van der Waals surface area contributed by atoms with E-state index in [1.807, 2.05) is 25.2 Å². The number of nitrogens with zero attached hydrogens (tertiary/aromatic N) is 1. The Balaban J connectivity index is 2.43. The quantitative estimate of drug-likeness (QED) is 0.804. The van der Waals surface area contributed by atoms with Crippen molar-refractivity contribution in [3.8, 4) is 0 Å². The summed E-state index contributed by atoms with van der Waals surface area (Å²) in [6.45, 7) is 2.58. The average Bonchev–Trinajstić information content (AvgIpc) is 2.51. The average molecular weight is 290 g/mol. The van der Waals surface area contributed by atoms with Gasteiger partial charge in [-0.05, 0) is 5.56 Å². The molecule has 0 N–H and O–H groups in total. The minimum absolute atomic E-state index is 0.181.